The number of aryl methyl sites for hydroxylation is 1. The molecule has 0 radical (unpaired) electrons. The van der Waals surface area contributed by atoms with Gasteiger partial charge in [0.05, 0.1) is 16.9 Å². The van der Waals surface area contributed by atoms with Gasteiger partial charge in [-0.3, -0.25) is 9.69 Å². The number of carbonyl (C=O) groups is 2. The Bertz CT molecular complexity index is 743. The number of hydrogen-bond donors (Lipinski definition) is 2. The number of carbonyl (C=O) groups excluding carboxylic acids is 2. The van der Waals surface area contributed by atoms with Gasteiger partial charge in [-0.2, -0.15) is 0 Å². The third-order valence-corrected chi connectivity index (χ3v) is 3.67. The molecule has 3 amide bonds. The van der Waals surface area contributed by atoms with Crippen molar-refractivity contribution in [3.05, 3.63) is 40.7 Å². The normalized spacial score (nSPS) is 14.1. The lowest BCUT2D eigenvalue weighted by Crippen LogP contribution is -2.28. The summed E-state index contributed by atoms with van der Waals surface area (Å²) in [6.07, 6.45) is 1.43. The van der Waals surface area contributed by atoms with E-state index in [2.05, 4.69) is 15.8 Å². The molecule has 2 aromatic rings. The third kappa shape index (κ3) is 2.62. The molecule has 0 aliphatic carbocycles. The fraction of sp³-hybridized carbons (Fsp3) is 0.214. The maximum atomic E-state index is 12.3. The lowest BCUT2D eigenvalue weighted by Gasteiger charge is -2.16. The van der Waals surface area contributed by atoms with Gasteiger partial charge in [0.15, 0.2) is 5.76 Å². The Morgan fingerprint density at radius 1 is 1.50 bits per heavy atom. The highest BCUT2D eigenvalue weighted by molar-refractivity contribution is 6.34. The summed E-state index contributed by atoms with van der Waals surface area (Å²) in [4.78, 5) is 25.5. The number of amides is 3. The zero-order valence-electron chi connectivity index (χ0n) is 11.7. The molecule has 2 N–H and O–H groups in total. The molecule has 7 nitrogen and oxygen atoms in total. The molecule has 0 saturated carbocycles. The number of nitrogens with zero attached hydrogens (tertiary/aromatic N) is 2. The molecule has 3 rings (SSSR count). The van der Waals surface area contributed by atoms with E-state index >= 15 is 0 Å². The predicted octanol–water partition coefficient (Wildman–Crippen LogP) is 2.42. The number of aromatic nitrogens is 1. The van der Waals surface area contributed by atoms with Gasteiger partial charge < -0.3 is 15.2 Å². The number of nitrogens with one attached hydrogen (secondary N) is 2. The number of anilines is 2. The van der Waals surface area contributed by atoms with Gasteiger partial charge in [-0.25, -0.2) is 4.79 Å². The minimum absolute atomic E-state index is 0.227. The van der Waals surface area contributed by atoms with Gasteiger partial charge in [-0.1, -0.05) is 16.8 Å². The molecule has 1 saturated heterocycles. The first-order valence-corrected chi connectivity index (χ1v) is 7.01. The quantitative estimate of drug-likeness (QED) is 0.909. The summed E-state index contributed by atoms with van der Waals surface area (Å²) in [6.45, 7) is 2.75. The average Bonchev–Trinajstić information content (AvgIpc) is 3.09. The Balaban J connectivity index is 1.87. The van der Waals surface area contributed by atoms with Crippen LogP contribution in [0.3, 0.4) is 0 Å². The van der Waals surface area contributed by atoms with E-state index < -0.39 is 0 Å². The lowest BCUT2D eigenvalue weighted by atomic mass is 10.1. The average molecular weight is 321 g/mol. The van der Waals surface area contributed by atoms with E-state index in [0.29, 0.717) is 40.8 Å². The van der Waals surface area contributed by atoms with Crippen LogP contribution in [0.4, 0.5) is 16.2 Å². The Labute approximate surface area is 131 Å². The molecule has 1 aromatic heterocycles. The maximum Gasteiger partial charge on any atom is 0.322 e. The van der Waals surface area contributed by atoms with Crippen LogP contribution in [-0.4, -0.2) is 30.2 Å². The van der Waals surface area contributed by atoms with Crippen molar-refractivity contribution in [3.8, 4) is 0 Å². The highest BCUT2D eigenvalue weighted by Gasteiger charge is 2.24. The summed E-state index contributed by atoms with van der Waals surface area (Å²) in [5.41, 5.74) is 1.39. The van der Waals surface area contributed by atoms with Crippen LogP contribution in [0.2, 0.25) is 5.02 Å². The van der Waals surface area contributed by atoms with Crippen LogP contribution < -0.4 is 15.5 Å². The first-order chi connectivity index (χ1) is 10.6. The molecule has 0 spiro atoms. The standard InChI is InChI=1S/C14H13ClN4O3/c1-8-11(7-17-22-8)18-13(20)9-2-3-10(15)12(6-9)19-5-4-16-14(19)21/h2-3,6-7H,4-5H2,1H3,(H,16,21)(H,18,20). The second-order valence-electron chi connectivity index (χ2n) is 4.80. The smallest absolute Gasteiger partial charge is 0.322 e. The summed E-state index contributed by atoms with van der Waals surface area (Å²) in [5, 5.41) is 9.41. The van der Waals surface area contributed by atoms with Crippen LogP contribution >= 0.6 is 11.6 Å². The minimum Gasteiger partial charge on any atom is -0.359 e. The maximum absolute atomic E-state index is 12.3. The Morgan fingerprint density at radius 3 is 2.95 bits per heavy atom. The summed E-state index contributed by atoms with van der Waals surface area (Å²) >= 11 is 6.14. The van der Waals surface area contributed by atoms with E-state index in [-0.39, 0.29) is 11.9 Å². The third-order valence-electron chi connectivity index (χ3n) is 3.35. The molecule has 1 aliphatic rings. The van der Waals surface area contributed by atoms with Crippen LogP contribution in [0, 0.1) is 6.92 Å². The van der Waals surface area contributed by atoms with Crippen LogP contribution in [0.5, 0.6) is 0 Å². The van der Waals surface area contributed by atoms with Crippen molar-refractivity contribution in [3.63, 3.8) is 0 Å². The van der Waals surface area contributed by atoms with E-state index in [4.69, 9.17) is 16.1 Å². The largest absolute Gasteiger partial charge is 0.359 e. The number of urea groups is 1. The summed E-state index contributed by atoms with van der Waals surface area (Å²) in [5.74, 6) is 0.185. The minimum atomic E-state index is -0.330. The van der Waals surface area contributed by atoms with E-state index in [1.807, 2.05) is 0 Å². The van der Waals surface area contributed by atoms with Gasteiger partial charge in [0.2, 0.25) is 0 Å². The Kier molecular flexibility index (Phi) is 3.72. The topological polar surface area (TPSA) is 87.5 Å². The highest BCUT2D eigenvalue weighted by atomic mass is 35.5. The van der Waals surface area contributed by atoms with Gasteiger partial charge in [0, 0.05) is 18.7 Å². The fourth-order valence-corrected chi connectivity index (χ4v) is 2.39. The Hall–Kier alpha value is -2.54. The number of hydrogen-bond acceptors (Lipinski definition) is 4. The van der Waals surface area contributed by atoms with Crippen molar-refractivity contribution in [2.24, 2.45) is 0 Å². The lowest BCUT2D eigenvalue weighted by molar-refractivity contribution is 0.102. The van der Waals surface area contributed by atoms with Crippen LogP contribution in [0.1, 0.15) is 16.1 Å². The van der Waals surface area contributed by atoms with E-state index in [9.17, 15) is 9.59 Å². The molecule has 1 aromatic carbocycles. The van der Waals surface area contributed by atoms with Crippen molar-refractivity contribution in [1.29, 1.82) is 0 Å². The molecule has 22 heavy (non-hydrogen) atoms. The molecule has 1 aliphatic heterocycles. The second kappa shape index (κ2) is 5.69. The molecular formula is C14H13ClN4O3. The van der Waals surface area contributed by atoms with E-state index in [0.717, 1.165) is 0 Å². The predicted molar refractivity (Wildman–Crippen MR) is 81.4 cm³/mol. The van der Waals surface area contributed by atoms with Crippen molar-refractivity contribution in [1.82, 2.24) is 10.5 Å². The van der Waals surface area contributed by atoms with Crippen molar-refractivity contribution in [2.45, 2.75) is 6.92 Å². The summed E-state index contributed by atoms with van der Waals surface area (Å²) in [7, 11) is 0. The van der Waals surface area contributed by atoms with Gasteiger partial charge in [0.25, 0.3) is 5.91 Å². The monoisotopic (exact) mass is 320 g/mol. The molecule has 114 valence electrons. The summed E-state index contributed by atoms with van der Waals surface area (Å²) in [6, 6.07) is 4.55. The molecule has 1 fully saturated rings. The van der Waals surface area contributed by atoms with Gasteiger partial charge in [0.1, 0.15) is 5.69 Å². The van der Waals surface area contributed by atoms with Gasteiger partial charge >= 0.3 is 6.03 Å². The fourth-order valence-electron chi connectivity index (χ4n) is 2.18. The number of rotatable bonds is 3. The van der Waals surface area contributed by atoms with E-state index in [1.165, 1.54) is 11.1 Å². The van der Waals surface area contributed by atoms with Crippen molar-refractivity contribution in [2.75, 3.05) is 23.3 Å². The number of benzene rings is 1. The number of halogens is 1. The van der Waals surface area contributed by atoms with Crippen LogP contribution in [0.15, 0.2) is 28.9 Å². The molecule has 2 heterocycles. The van der Waals surface area contributed by atoms with Crippen molar-refractivity contribution >= 4 is 34.9 Å². The molecule has 0 atom stereocenters. The molecule has 0 bridgehead atoms. The SMILES string of the molecule is Cc1oncc1NC(=O)c1ccc(Cl)c(N2CCNC2=O)c1. The molecule has 8 heteroatoms. The Morgan fingerprint density at radius 2 is 2.32 bits per heavy atom. The zero-order valence-corrected chi connectivity index (χ0v) is 12.5. The van der Waals surface area contributed by atoms with Gasteiger partial charge in [-0.15, -0.1) is 0 Å². The molecular weight excluding hydrogens is 308 g/mol. The summed E-state index contributed by atoms with van der Waals surface area (Å²) < 4.78 is 4.89. The highest BCUT2D eigenvalue weighted by Crippen LogP contribution is 2.28. The molecule has 0 unspecified atom stereocenters. The first-order valence-electron chi connectivity index (χ1n) is 6.64. The van der Waals surface area contributed by atoms with Crippen molar-refractivity contribution < 1.29 is 14.1 Å². The zero-order chi connectivity index (χ0) is 15.7. The van der Waals surface area contributed by atoms with Crippen LogP contribution in [-0.2, 0) is 0 Å². The van der Waals surface area contributed by atoms with Crippen LogP contribution in [0.25, 0.3) is 0 Å². The second-order valence-corrected chi connectivity index (χ2v) is 5.21. The van der Waals surface area contributed by atoms with Gasteiger partial charge in [-0.05, 0) is 25.1 Å². The first kappa shape index (κ1) is 14.4. The van der Waals surface area contributed by atoms with E-state index in [1.54, 1.807) is 25.1 Å².